The summed E-state index contributed by atoms with van der Waals surface area (Å²) in [6.07, 6.45) is 1.95. The molecule has 0 radical (unpaired) electrons. The average Bonchev–Trinajstić information content (AvgIpc) is 2.81. The van der Waals surface area contributed by atoms with Gasteiger partial charge in [0.05, 0.1) is 0 Å². The van der Waals surface area contributed by atoms with E-state index < -0.39 is 17.6 Å². The molecule has 0 saturated carbocycles. The quantitative estimate of drug-likeness (QED) is 0.732. The van der Waals surface area contributed by atoms with Crippen molar-refractivity contribution in [2.45, 2.75) is 78.9 Å². The van der Waals surface area contributed by atoms with E-state index in [1.54, 1.807) is 6.92 Å². The van der Waals surface area contributed by atoms with E-state index in [2.05, 4.69) is 15.5 Å². The van der Waals surface area contributed by atoms with Gasteiger partial charge in [-0.15, -0.1) is 0 Å². The fraction of sp³-hybridized carbons (Fsp3) is 0.765. The molecule has 0 bridgehead atoms. The van der Waals surface area contributed by atoms with Crippen molar-refractivity contribution >= 4 is 11.9 Å². The number of carbonyl (C=O) groups excluding carboxylic acids is 2. The Bertz CT molecular complexity index is 546. The summed E-state index contributed by atoms with van der Waals surface area (Å²) in [4.78, 5) is 28.5. The average molecular weight is 339 g/mol. The normalized spacial score (nSPS) is 13.0. The fourth-order valence-corrected chi connectivity index (χ4v) is 2.17. The number of hydrogen-bond donors (Lipinski definition) is 1. The van der Waals surface area contributed by atoms with E-state index >= 15 is 0 Å². The minimum absolute atomic E-state index is 0.178. The summed E-state index contributed by atoms with van der Waals surface area (Å²) in [5.74, 6) is 0.798. The summed E-state index contributed by atoms with van der Waals surface area (Å²) in [6, 6.07) is -0.623. The first kappa shape index (κ1) is 20.1. The Morgan fingerprint density at radius 1 is 1.29 bits per heavy atom. The molecule has 0 saturated heterocycles. The summed E-state index contributed by atoms with van der Waals surface area (Å²) < 4.78 is 10.4. The molecule has 24 heavy (non-hydrogen) atoms. The highest BCUT2D eigenvalue weighted by molar-refractivity contribution is 5.84. The Morgan fingerprint density at radius 3 is 2.46 bits per heavy atom. The van der Waals surface area contributed by atoms with Gasteiger partial charge in [-0.05, 0) is 46.5 Å². The summed E-state index contributed by atoms with van der Waals surface area (Å²) in [5, 5.41) is 6.49. The number of hydrogen-bond acceptors (Lipinski definition) is 6. The molecule has 0 unspecified atom stereocenters. The van der Waals surface area contributed by atoms with Gasteiger partial charge in [-0.25, -0.2) is 4.79 Å². The number of rotatable bonds is 8. The zero-order chi connectivity index (χ0) is 18.3. The lowest BCUT2D eigenvalue weighted by molar-refractivity contribution is -0.159. The van der Waals surface area contributed by atoms with Gasteiger partial charge in [0.1, 0.15) is 11.6 Å². The second-order valence-corrected chi connectivity index (χ2v) is 7.37. The molecular weight excluding hydrogens is 310 g/mol. The van der Waals surface area contributed by atoms with Crippen LogP contribution in [0.15, 0.2) is 4.52 Å². The largest absolute Gasteiger partial charge is 0.458 e. The van der Waals surface area contributed by atoms with Gasteiger partial charge >= 0.3 is 5.97 Å². The number of esters is 1. The van der Waals surface area contributed by atoms with E-state index in [0.29, 0.717) is 37.4 Å². The van der Waals surface area contributed by atoms with Crippen LogP contribution in [0.5, 0.6) is 0 Å². The van der Waals surface area contributed by atoms with Crippen LogP contribution in [0, 0.1) is 12.8 Å². The van der Waals surface area contributed by atoms with Crippen molar-refractivity contribution in [1.29, 1.82) is 0 Å². The lowest BCUT2D eigenvalue weighted by atomic mass is 10.0. The number of amides is 1. The number of aryl methyl sites for hydroxylation is 2. The van der Waals surface area contributed by atoms with Gasteiger partial charge in [-0.3, -0.25) is 4.79 Å². The Balaban J connectivity index is 2.49. The second kappa shape index (κ2) is 8.80. The third kappa shape index (κ3) is 8.08. The topological polar surface area (TPSA) is 94.3 Å². The van der Waals surface area contributed by atoms with E-state index in [0.717, 1.165) is 0 Å². The second-order valence-electron chi connectivity index (χ2n) is 7.37. The van der Waals surface area contributed by atoms with E-state index in [4.69, 9.17) is 9.26 Å². The molecule has 7 nitrogen and oxygen atoms in total. The molecule has 1 aromatic rings. The lowest BCUT2D eigenvalue weighted by Gasteiger charge is -2.25. The maximum Gasteiger partial charge on any atom is 0.329 e. The smallest absolute Gasteiger partial charge is 0.329 e. The molecular formula is C17H29N3O4. The minimum atomic E-state index is -0.623. The summed E-state index contributed by atoms with van der Waals surface area (Å²) in [6.45, 7) is 11.2. The number of ether oxygens (including phenoxy) is 1. The van der Waals surface area contributed by atoms with Gasteiger partial charge in [0.25, 0.3) is 0 Å². The molecule has 1 rings (SSSR count). The Hall–Kier alpha value is -1.92. The zero-order valence-corrected chi connectivity index (χ0v) is 15.5. The number of nitrogens with one attached hydrogen (secondary N) is 1. The monoisotopic (exact) mass is 339 g/mol. The molecule has 1 aromatic heterocycles. The van der Waals surface area contributed by atoms with Gasteiger partial charge in [0, 0.05) is 12.8 Å². The first-order valence-electron chi connectivity index (χ1n) is 8.38. The van der Waals surface area contributed by atoms with Crippen LogP contribution < -0.4 is 5.32 Å². The van der Waals surface area contributed by atoms with Crippen molar-refractivity contribution in [2.24, 2.45) is 5.92 Å². The fourth-order valence-electron chi connectivity index (χ4n) is 2.17. The Kier molecular flexibility index (Phi) is 7.38. The van der Waals surface area contributed by atoms with Crippen LogP contribution in [0.2, 0.25) is 0 Å². The van der Waals surface area contributed by atoms with Crippen molar-refractivity contribution in [2.75, 3.05) is 0 Å². The van der Waals surface area contributed by atoms with Crippen LogP contribution in [0.25, 0.3) is 0 Å². The highest BCUT2D eigenvalue weighted by Gasteiger charge is 2.27. The van der Waals surface area contributed by atoms with Crippen LogP contribution in [-0.2, 0) is 20.7 Å². The maximum absolute atomic E-state index is 12.3. The predicted octanol–water partition coefficient (Wildman–Crippen LogP) is 2.57. The van der Waals surface area contributed by atoms with E-state index in [-0.39, 0.29) is 11.8 Å². The number of carbonyl (C=O) groups is 2. The van der Waals surface area contributed by atoms with Crippen LogP contribution in [-0.4, -0.2) is 33.7 Å². The SMILES string of the molecule is Cc1noc(CCCC(=O)N[C@@H](CC(C)C)C(=O)OC(C)(C)C)n1. The molecule has 0 spiro atoms. The van der Waals surface area contributed by atoms with Gasteiger partial charge in [-0.1, -0.05) is 19.0 Å². The number of nitrogens with zero attached hydrogens (tertiary/aromatic N) is 2. The van der Waals surface area contributed by atoms with Crippen LogP contribution in [0.4, 0.5) is 0 Å². The number of aromatic nitrogens is 2. The molecule has 0 fully saturated rings. The molecule has 1 N–H and O–H groups in total. The van der Waals surface area contributed by atoms with Gasteiger partial charge in [-0.2, -0.15) is 4.98 Å². The van der Waals surface area contributed by atoms with Crippen molar-refractivity contribution in [3.63, 3.8) is 0 Å². The van der Waals surface area contributed by atoms with Crippen molar-refractivity contribution in [3.8, 4) is 0 Å². The van der Waals surface area contributed by atoms with Crippen LogP contribution in [0.3, 0.4) is 0 Å². The van der Waals surface area contributed by atoms with E-state index in [1.165, 1.54) is 0 Å². The molecule has 0 aliphatic heterocycles. The zero-order valence-electron chi connectivity index (χ0n) is 15.5. The van der Waals surface area contributed by atoms with Crippen molar-refractivity contribution in [1.82, 2.24) is 15.5 Å². The molecule has 0 aromatic carbocycles. The van der Waals surface area contributed by atoms with Crippen molar-refractivity contribution < 1.29 is 18.8 Å². The molecule has 0 aliphatic carbocycles. The van der Waals surface area contributed by atoms with Crippen LogP contribution >= 0.6 is 0 Å². The Labute approximate surface area is 143 Å². The summed E-state index contributed by atoms with van der Waals surface area (Å²) in [5.41, 5.74) is -0.577. The highest BCUT2D eigenvalue weighted by Crippen LogP contribution is 2.13. The molecule has 1 atom stereocenters. The third-order valence-electron chi connectivity index (χ3n) is 3.10. The first-order chi connectivity index (χ1) is 11.1. The Morgan fingerprint density at radius 2 is 1.96 bits per heavy atom. The molecule has 0 aliphatic rings. The standard InChI is InChI=1S/C17H29N3O4/c1-11(2)10-13(16(22)23-17(4,5)6)19-14(21)8-7-9-15-18-12(3)20-24-15/h11,13H,7-10H2,1-6H3,(H,19,21)/t13-/m0/s1. The summed E-state index contributed by atoms with van der Waals surface area (Å²) in [7, 11) is 0. The maximum atomic E-state index is 12.3. The molecule has 1 amide bonds. The van der Waals surface area contributed by atoms with Gasteiger partial charge in [0.15, 0.2) is 5.82 Å². The first-order valence-corrected chi connectivity index (χ1v) is 8.38. The molecule has 136 valence electrons. The van der Waals surface area contributed by atoms with Gasteiger partial charge in [0.2, 0.25) is 11.8 Å². The summed E-state index contributed by atoms with van der Waals surface area (Å²) >= 11 is 0. The highest BCUT2D eigenvalue weighted by atomic mass is 16.6. The third-order valence-corrected chi connectivity index (χ3v) is 3.10. The van der Waals surface area contributed by atoms with Crippen LogP contribution in [0.1, 0.15) is 65.6 Å². The van der Waals surface area contributed by atoms with Crippen molar-refractivity contribution in [3.05, 3.63) is 11.7 Å². The van der Waals surface area contributed by atoms with E-state index in [1.807, 2.05) is 34.6 Å². The van der Waals surface area contributed by atoms with E-state index in [9.17, 15) is 9.59 Å². The predicted molar refractivity (Wildman–Crippen MR) is 89.2 cm³/mol. The lowest BCUT2D eigenvalue weighted by Crippen LogP contribution is -2.44. The molecule has 7 heteroatoms. The van der Waals surface area contributed by atoms with Gasteiger partial charge < -0.3 is 14.6 Å². The minimum Gasteiger partial charge on any atom is -0.458 e. The molecule has 1 heterocycles.